The minimum absolute atomic E-state index is 0.280. The Morgan fingerprint density at radius 3 is 2.48 bits per heavy atom. The van der Waals surface area contributed by atoms with Crippen LogP contribution in [-0.4, -0.2) is 63.2 Å². The summed E-state index contributed by atoms with van der Waals surface area (Å²) in [5, 5.41) is 0. The molecule has 0 radical (unpaired) electrons. The van der Waals surface area contributed by atoms with Crippen LogP contribution in [0.25, 0.3) is 0 Å². The average molecular weight is 420 g/mol. The van der Waals surface area contributed by atoms with E-state index in [9.17, 15) is 4.79 Å². The van der Waals surface area contributed by atoms with Crippen LogP contribution < -0.4 is 4.74 Å². The second kappa shape index (κ2) is 9.75. The smallest absolute Gasteiger partial charge is 0.410 e. The summed E-state index contributed by atoms with van der Waals surface area (Å²) in [6.45, 7) is 6.08. The first kappa shape index (κ1) is 21.1. The molecule has 162 valence electrons. The van der Waals surface area contributed by atoms with Crippen LogP contribution in [0.3, 0.4) is 0 Å². The molecule has 0 aliphatic carbocycles. The number of aryl methyl sites for hydroxylation is 2. The summed E-state index contributed by atoms with van der Waals surface area (Å²) in [6.07, 6.45) is 7.12. The maximum atomic E-state index is 12.5. The number of hydrogen-bond acceptors (Lipinski definition) is 5. The van der Waals surface area contributed by atoms with E-state index in [0.717, 1.165) is 49.4 Å². The lowest BCUT2D eigenvalue weighted by molar-refractivity contribution is 0.111. The Bertz CT molecular complexity index is 1010. The van der Waals surface area contributed by atoms with Gasteiger partial charge in [0, 0.05) is 70.7 Å². The van der Waals surface area contributed by atoms with E-state index in [0.29, 0.717) is 18.8 Å². The zero-order chi connectivity index (χ0) is 21.6. The highest BCUT2D eigenvalue weighted by Crippen LogP contribution is 2.16. The van der Waals surface area contributed by atoms with Gasteiger partial charge in [-0.1, -0.05) is 12.1 Å². The predicted octanol–water partition coefficient (Wildman–Crippen LogP) is 3.07. The number of aromatic nitrogens is 3. The molecule has 7 heteroatoms. The minimum Gasteiger partial charge on any atom is -0.410 e. The molecular weight excluding hydrogens is 390 g/mol. The lowest BCUT2D eigenvalue weighted by atomic mass is 10.1. The van der Waals surface area contributed by atoms with Crippen molar-refractivity contribution < 1.29 is 9.53 Å². The highest BCUT2D eigenvalue weighted by atomic mass is 16.6. The van der Waals surface area contributed by atoms with Crippen molar-refractivity contribution >= 4 is 6.09 Å². The summed E-state index contributed by atoms with van der Waals surface area (Å²) in [5.41, 5.74) is 4.48. The molecule has 0 spiro atoms. The standard InChI is InChI=1S/C24H29N5O2/c1-19-7-9-25-22(15-19)16-20-3-5-23(6-4-20)31-24(30)29-13-11-28(12-14-29)10-8-21-17-27(2)18-26-21/h3-7,9,15,17-18H,8,10-14,16H2,1-2H3. The van der Waals surface area contributed by atoms with Gasteiger partial charge in [0.25, 0.3) is 0 Å². The second-order valence-corrected chi connectivity index (χ2v) is 8.12. The van der Waals surface area contributed by atoms with E-state index < -0.39 is 0 Å². The Morgan fingerprint density at radius 2 is 1.81 bits per heavy atom. The third-order valence-electron chi connectivity index (χ3n) is 5.56. The number of carbonyl (C=O) groups excluding carboxylic acids is 1. The number of piperazine rings is 1. The molecule has 1 aliphatic heterocycles. The summed E-state index contributed by atoms with van der Waals surface area (Å²) in [6, 6.07) is 11.8. The molecule has 0 atom stereocenters. The normalized spacial score (nSPS) is 14.6. The van der Waals surface area contributed by atoms with Gasteiger partial charge in [0.05, 0.1) is 12.0 Å². The summed E-state index contributed by atoms with van der Waals surface area (Å²) < 4.78 is 7.55. The van der Waals surface area contributed by atoms with Crippen LogP contribution in [0.1, 0.15) is 22.5 Å². The first-order chi connectivity index (χ1) is 15.0. The summed E-state index contributed by atoms with van der Waals surface area (Å²) >= 11 is 0. The van der Waals surface area contributed by atoms with Gasteiger partial charge in [0.1, 0.15) is 5.75 Å². The largest absolute Gasteiger partial charge is 0.415 e. The van der Waals surface area contributed by atoms with Crippen LogP contribution in [0, 0.1) is 6.92 Å². The lowest BCUT2D eigenvalue weighted by Gasteiger charge is -2.33. The Hall–Kier alpha value is -3.19. The summed E-state index contributed by atoms with van der Waals surface area (Å²) in [7, 11) is 1.98. The fourth-order valence-corrected chi connectivity index (χ4v) is 3.77. The Labute approximate surface area is 183 Å². The third-order valence-corrected chi connectivity index (χ3v) is 5.56. The number of carbonyl (C=O) groups is 1. The number of rotatable bonds is 6. The molecule has 1 aliphatic rings. The first-order valence-electron chi connectivity index (χ1n) is 10.7. The molecule has 1 amide bonds. The van der Waals surface area contributed by atoms with E-state index in [2.05, 4.69) is 34.1 Å². The predicted molar refractivity (Wildman–Crippen MR) is 119 cm³/mol. The quantitative estimate of drug-likeness (QED) is 0.614. The van der Waals surface area contributed by atoms with Crippen LogP contribution in [0.4, 0.5) is 4.79 Å². The number of pyridine rings is 1. The highest BCUT2D eigenvalue weighted by molar-refractivity contribution is 5.70. The van der Waals surface area contributed by atoms with Crippen molar-refractivity contribution in [3.05, 3.63) is 77.6 Å². The molecule has 1 saturated heterocycles. The first-order valence-corrected chi connectivity index (χ1v) is 10.7. The van der Waals surface area contributed by atoms with Crippen molar-refractivity contribution in [3.63, 3.8) is 0 Å². The molecule has 0 bridgehead atoms. The molecule has 3 aromatic rings. The van der Waals surface area contributed by atoms with Crippen molar-refractivity contribution in [2.24, 2.45) is 7.05 Å². The third kappa shape index (κ3) is 5.92. The second-order valence-electron chi connectivity index (χ2n) is 8.12. The van der Waals surface area contributed by atoms with E-state index in [-0.39, 0.29) is 6.09 Å². The molecule has 7 nitrogen and oxygen atoms in total. The number of amides is 1. The molecule has 4 rings (SSSR count). The highest BCUT2D eigenvalue weighted by Gasteiger charge is 2.22. The van der Waals surface area contributed by atoms with Gasteiger partial charge in [0.2, 0.25) is 0 Å². The Kier molecular flexibility index (Phi) is 6.62. The zero-order valence-corrected chi connectivity index (χ0v) is 18.2. The van der Waals surface area contributed by atoms with Gasteiger partial charge in [-0.15, -0.1) is 0 Å². The van der Waals surface area contributed by atoms with Crippen molar-refractivity contribution in [1.82, 2.24) is 24.3 Å². The van der Waals surface area contributed by atoms with Crippen LogP contribution in [-0.2, 0) is 19.9 Å². The topological polar surface area (TPSA) is 63.5 Å². The molecule has 0 unspecified atom stereocenters. The Balaban J connectivity index is 1.22. The fourth-order valence-electron chi connectivity index (χ4n) is 3.77. The van der Waals surface area contributed by atoms with Crippen molar-refractivity contribution in [1.29, 1.82) is 0 Å². The number of ether oxygens (including phenoxy) is 1. The van der Waals surface area contributed by atoms with Gasteiger partial charge in [-0.3, -0.25) is 9.88 Å². The fraction of sp³-hybridized carbons (Fsp3) is 0.375. The maximum Gasteiger partial charge on any atom is 0.415 e. The monoisotopic (exact) mass is 419 g/mol. The molecule has 0 saturated carbocycles. The lowest BCUT2D eigenvalue weighted by Crippen LogP contribution is -2.49. The van der Waals surface area contributed by atoms with Gasteiger partial charge >= 0.3 is 6.09 Å². The van der Waals surface area contributed by atoms with Crippen LogP contribution in [0.5, 0.6) is 5.75 Å². The van der Waals surface area contributed by atoms with Gasteiger partial charge in [-0.25, -0.2) is 9.78 Å². The summed E-state index contributed by atoms with van der Waals surface area (Å²) in [5.74, 6) is 0.573. The van der Waals surface area contributed by atoms with E-state index in [1.807, 2.05) is 54.5 Å². The van der Waals surface area contributed by atoms with Crippen molar-refractivity contribution in [2.75, 3.05) is 32.7 Å². The molecule has 1 aromatic carbocycles. The molecule has 3 heterocycles. The molecule has 31 heavy (non-hydrogen) atoms. The zero-order valence-electron chi connectivity index (χ0n) is 18.2. The van der Waals surface area contributed by atoms with E-state index >= 15 is 0 Å². The Morgan fingerprint density at radius 1 is 1.03 bits per heavy atom. The van der Waals surface area contributed by atoms with Gasteiger partial charge in [0.15, 0.2) is 0 Å². The molecule has 2 aromatic heterocycles. The molecule has 0 N–H and O–H groups in total. The number of benzene rings is 1. The van der Waals surface area contributed by atoms with Gasteiger partial charge < -0.3 is 14.2 Å². The van der Waals surface area contributed by atoms with Crippen molar-refractivity contribution in [3.8, 4) is 5.75 Å². The van der Waals surface area contributed by atoms with Crippen molar-refractivity contribution in [2.45, 2.75) is 19.8 Å². The van der Waals surface area contributed by atoms with E-state index in [4.69, 9.17) is 4.74 Å². The van der Waals surface area contributed by atoms with Gasteiger partial charge in [-0.2, -0.15) is 0 Å². The SMILES string of the molecule is Cc1ccnc(Cc2ccc(OC(=O)N3CCN(CCc4cn(C)cn4)CC3)cc2)c1. The summed E-state index contributed by atoms with van der Waals surface area (Å²) in [4.78, 5) is 25.5. The molecular formula is C24H29N5O2. The minimum atomic E-state index is -0.280. The number of nitrogens with zero attached hydrogens (tertiary/aromatic N) is 5. The number of imidazole rings is 1. The van der Waals surface area contributed by atoms with Gasteiger partial charge in [-0.05, 0) is 42.3 Å². The molecule has 1 fully saturated rings. The van der Waals surface area contributed by atoms with Crippen LogP contribution in [0.2, 0.25) is 0 Å². The van der Waals surface area contributed by atoms with E-state index in [1.54, 1.807) is 4.90 Å². The number of hydrogen-bond donors (Lipinski definition) is 0. The van der Waals surface area contributed by atoms with E-state index in [1.165, 1.54) is 5.56 Å². The van der Waals surface area contributed by atoms with Crippen LogP contribution in [0.15, 0.2) is 55.1 Å². The average Bonchev–Trinajstić information content (AvgIpc) is 3.19. The maximum absolute atomic E-state index is 12.5. The van der Waals surface area contributed by atoms with Crippen LogP contribution >= 0.6 is 0 Å².